The lowest BCUT2D eigenvalue weighted by Gasteiger charge is -2.10. The fourth-order valence-corrected chi connectivity index (χ4v) is 4.50. The molecule has 1 aliphatic rings. The van der Waals surface area contributed by atoms with Gasteiger partial charge in [-0.3, -0.25) is 18.8 Å². The molecule has 28 heavy (non-hydrogen) atoms. The minimum absolute atomic E-state index is 0.103. The molecule has 0 bridgehead atoms. The molecule has 0 aliphatic heterocycles. The summed E-state index contributed by atoms with van der Waals surface area (Å²) in [6.45, 7) is -0.351. The number of hydrogen-bond acceptors (Lipinski definition) is 6. The van der Waals surface area contributed by atoms with Crippen LogP contribution in [-0.2, 0) is 29.0 Å². The molecule has 0 unspecified atom stereocenters. The van der Waals surface area contributed by atoms with Gasteiger partial charge in [0.2, 0.25) is 0 Å². The highest BCUT2D eigenvalue weighted by Crippen LogP contribution is 2.28. The Labute approximate surface area is 165 Å². The third-order valence-electron chi connectivity index (χ3n) is 4.63. The van der Waals surface area contributed by atoms with Gasteiger partial charge in [-0.05, 0) is 37.8 Å². The molecular weight excluding hydrogens is 378 g/mol. The Morgan fingerprint density at radius 1 is 1.18 bits per heavy atom. The molecule has 0 atom stereocenters. The van der Waals surface area contributed by atoms with E-state index in [0.717, 1.165) is 31.4 Å². The number of esters is 1. The monoisotopic (exact) mass is 397 g/mol. The van der Waals surface area contributed by atoms with E-state index in [1.165, 1.54) is 22.3 Å². The van der Waals surface area contributed by atoms with Crippen molar-refractivity contribution in [1.29, 1.82) is 0 Å². The molecule has 0 saturated heterocycles. The Morgan fingerprint density at radius 2 is 1.96 bits per heavy atom. The highest BCUT2D eigenvalue weighted by Gasteiger charge is 2.18. The minimum atomic E-state index is -0.586. The molecule has 0 fully saturated rings. The second-order valence-electron chi connectivity index (χ2n) is 6.59. The van der Waals surface area contributed by atoms with E-state index in [9.17, 15) is 14.4 Å². The first kappa shape index (κ1) is 18.4. The van der Waals surface area contributed by atoms with E-state index in [4.69, 9.17) is 4.74 Å². The Hall–Kier alpha value is -3.00. The zero-order valence-corrected chi connectivity index (χ0v) is 16.0. The summed E-state index contributed by atoms with van der Waals surface area (Å²) in [7, 11) is 0. The third kappa shape index (κ3) is 3.82. The Balaban J connectivity index is 1.38. The first-order valence-electron chi connectivity index (χ1n) is 9.14. The van der Waals surface area contributed by atoms with Crippen molar-refractivity contribution < 1.29 is 14.3 Å². The maximum Gasteiger partial charge on any atom is 0.325 e. The van der Waals surface area contributed by atoms with Gasteiger partial charge in [0.05, 0.1) is 5.69 Å². The second-order valence-corrected chi connectivity index (χ2v) is 7.65. The largest absolute Gasteiger partial charge is 0.458 e. The lowest BCUT2D eigenvalue weighted by molar-refractivity contribution is -0.143. The van der Waals surface area contributed by atoms with Gasteiger partial charge in [0.25, 0.3) is 11.5 Å². The molecule has 7 nitrogen and oxygen atoms in total. The van der Waals surface area contributed by atoms with Gasteiger partial charge in [-0.15, -0.1) is 11.3 Å². The number of benzene rings is 1. The number of nitrogens with one attached hydrogen (secondary N) is 1. The SMILES string of the molecule is O=C(CNC(=O)c1ccccc1)OCc1cc(=O)n2c3c(sc2n1)CCCC3. The van der Waals surface area contributed by atoms with Gasteiger partial charge in [0.15, 0.2) is 4.96 Å². The minimum Gasteiger partial charge on any atom is -0.458 e. The number of carbonyl (C=O) groups is 2. The number of aromatic nitrogens is 2. The molecule has 2 heterocycles. The van der Waals surface area contributed by atoms with Crippen molar-refractivity contribution in [2.45, 2.75) is 32.3 Å². The molecule has 4 rings (SSSR count). The molecular formula is C20H19N3O4S. The van der Waals surface area contributed by atoms with E-state index in [1.54, 1.807) is 34.7 Å². The van der Waals surface area contributed by atoms with Crippen molar-refractivity contribution in [2.75, 3.05) is 6.54 Å². The molecule has 1 aromatic carbocycles. The molecule has 0 spiro atoms. The number of carbonyl (C=O) groups excluding carboxylic acids is 2. The van der Waals surface area contributed by atoms with Crippen LogP contribution in [0.3, 0.4) is 0 Å². The van der Waals surface area contributed by atoms with Crippen LogP contribution in [0.1, 0.15) is 39.5 Å². The zero-order chi connectivity index (χ0) is 19.5. The van der Waals surface area contributed by atoms with Crippen LogP contribution in [0.15, 0.2) is 41.2 Å². The van der Waals surface area contributed by atoms with E-state index in [0.29, 0.717) is 16.2 Å². The Bertz CT molecular complexity index is 1090. The molecule has 1 aliphatic carbocycles. The van der Waals surface area contributed by atoms with E-state index in [1.807, 2.05) is 0 Å². The highest BCUT2D eigenvalue weighted by molar-refractivity contribution is 7.17. The van der Waals surface area contributed by atoms with E-state index in [-0.39, 0.29) is 24.6 Å². The molecule has 1 N–H and O–H groups in total. The number of fused-ring (bicyclic) bond motifs is 3. The van der Waals surface area contributed by atoms with Crippen LogP contribution in [0.5, 0.6) is 0 Å². The summed E-state index contributed by atoms with van der Waals surface area (Å²) in [5.74, 6) is -0.934. The van der Waals surface area contributed by atoms with Crippen molar-refractivity contribution in [2.24, 2.45) is 0 Å². The summed E-state index contributed by atoms with van der Waals surface area (Å²) in [5, 5.41) is 2.51. The quantitative estimate of drug-likeness (QED) is 0.666. The van der Waals surface area contributed by atoms with Crippen LogP contribution in [-0.4, -0.2) is 27.8 Å². The predicted octanol–water partition coefficient (Wildman–Crippen LogP) is 2.11. The molecule has 8 heteroatoms. The lowest BCUT2D eigenvalue weighted by atomic mass is 10.0. The topological polar surface area (TPSA) is 89.8 Å². The van der Waals surface area contributed by atoms with Gasteiger partial charge < -0.3 is 10.1 Å². The van der Waals surface area contributed by atoms with E-state index >= 15 is 0 Å². The summed E-state index contributed by atoms with van der Waals surface area (Å²) in [6, 6.07) is 10.0. The average Bonchev–Trinajstić information content (AvgIpc) is 3.10. The number of rotatable bonds is 5. The molecule has 1 amide bonds. The van der Waals surface area contributed by atoms with E-state index in [2.05, 4.69) is 10.3 Å². The maximum atomic E-state index is 12.5. The summed E-state index contributed by atoms with van der Waals surface area (Å²) >= 11 is 1.53. The van der Waals surface area contributed by atoms with E-state index < -0.39 is 5.97 Å². The van der Waals surface area contributed by atoms with Gasteiger partial charge >= 0.3 is 5.97 Å². The van der Waals surface area contributed by atoms with Gasteiger partial charge in [-0.2, -0.15) is 0 Å². The summed E-state index contributed by atoms with van der Waals surface area (Å²) < 4.78 is 6.83. The van der Waals surface area contributed by atoms with Crippen LogP contribution in [0, 0.1) is 0 Å². The zero-order valence-electron chi connectivity index (χ0n) is 15.1. The van der Waals surface area contributed by atoms with Crippen LogP contribution >= 0.6 is 11.3 Å². The standard InChI is InChI=1S/C20H19N3O4S/c24-17-10-14(22-20-23(17)15-8-4-5-9-16(15)28-20)12-27-18(25)11-21-19(26)13-6-2-1-3-7-13/h1-3,6-7,10H,4-5,8-9,11-12H2,(H,21,26). The van der Waals surface area contributed by atoms with Crippen molar-refractivity contribution in [3.63, 3.8) is 0 Å². The van der Waals surface area contributed by atoms with Gasteiger partial charge in [0, 0.05) is 22.2 Å². The molecule has 2 aromatic heterocycles. The summed E-state index contributed by atoms with van der Waals surface area (Å²) in [4.78, 5) is 42.7. The number of ether oxygens (including phenoxy) is 1. The maximum absolute atomic E-state index is 12.5. The fourth-order valence-electron chi connectivity index (χ4n) is 3.27. The third-order valence-corrected chi connectivity index (χ3v) is 5.77. The van der Waals surface area contributed by atoms with Crippen molar-refractivity contribution in [3.05, 3.63) is 68.6 Å². The number of thiazole rings is 1. The molecule has 0 radical (unpaired) electrons. The second kappa shape index (κ2) is 7.93. The number of hydrogen-bond donors (Lipinski definition) is 1. The lowest BCUT2D eigenvalue weighted by Crippen LogP contribution is -2.30. The van der Waals surface area contributed by atoms with Crippen LogP contribution in [0.2, 0.25) is 0 Å². The fraction of sp³-hybridized carbons (Fsp3) is 0.300. The normalized spacial score (nSPS) is 13.1. The van der Waals surface area contributed by atoms with Gasteiger partial charge in [-0.25, -0.2) is 4.98 Å². The summed E-state index contributed by atoms with van der Waals surface area (Å²) in [6.07, 6.45) is 4.09. The highest BCUT2D eigenvalue weighted by atomic mass is 32.1. The smallest absolute Gasteiger partial charge is 0.325 e. The molecule has 0 saturated carbocycles. The predicted molar refractivity (Wildman–Crippen MR) is 105 cm³/mol. The summed E-state index contributed by atoms with van der Waals surface area (Å²) in [5.41, 5.74) is 1.80. The van der Waals surface area contributed by atoms with Crippen LogP contribution in [0.4, 0.5) is 0 Å². The van der Waals surface area contributed by atoms with Crippen LogP contribution < -0.4 is 10.9 Å². The Kier molecular flexibility index (Phi) is 5.21. The number of aryl methyl sites for hydroxylation is 2. The van der Waals surface area contributed by atoms with Gasteiger partial charge in [-0.1, -0.05) is 18.2 Å². The first-order chi connectivity index (χ1) is 13.6. The van der Waals surface area contributed by atoms with Crippen molar-refractivity contribution >= 4 is 28.2 Å². The Morgan fingerprint density at radius 3 is 2.79 bits per heavy atom. The van der Waals surface area contributed by atoms with Crippen LogP contribution in [0.25, 0.3) is 4.96 Å². The average molecular weight is 397 g/mol. The van der Waals surface area contributed by atoms with Gasteiger partial charge in [0.1, 0.15) is 13.2 Å². The van der Waals surface area contributed by atoms with Crippen molar-refractivity contribution in [1.82, 2.24) is 14.7 Å². The molecule has 3 aromatic rings. The number of nitrogens with zero attached hydrogens (tertiary/aromatic N) is 2. The molecule has 144 valence electrons. The first-order valence-corrected chi connectivity index (χ1v) is 9.95. The van der Waals surface area contributed by atoms with Crippen molar-refractivity contribution in [3.8, 4) is 0 Å². The number of amides is 1.